The van der Waals surface area contributed by atoms with Crippen LogP contribution in [-0.2, 0) is 42.5 Å². The highest BCUT2D eigenvalue weighted by atomic mass is 28.4. The molecule has 70 heavy (non-hydrogen) atoms. The van der Waals surface area contributed by atoms with Crippen LogP contribution < -0.4 is 14.8 Å². The lowest BCUT2D eigenvalue weighted by molar-refractivity contribution is -0.339. The molecular formula is C54H83NO14Si. The van der Waals surface area contributed by atoms with Gasteiger partial charge in [0.25, 0.3) is 0 Å². The number of benzene rings is 1. The van der Waals surface area contributed by atoms with Crippen molar-refractivity contribution in [3.8, 4) is 11.5 Å². The van der Waals surface area contributed by atoms with Gasteiger partial charge >= 0.3 is 24.0 Å². The van der Waals surface area contributed by atoms with Crippen molar-refractivity contribution in [2.45, 2.75) is 201 Å². The maximum absolute atomic E-state index is 15.8. The second-order valence-corrected chi connectivity index (χ2v) is 28.7. The normalized spacial score (nSPS) is 30.4. The number of ketones is 1. The van der Waals surface area contributed by atoms with Gasteiger partial charge in [-0.05, 0) is 99.9 Å². The zero-order chi connectivity index (χ0) is 53.0. The molecule has 1 amide bonds. The molecule has 1 heterocycles. The van der Waals surface area contributed by atoms with E-state index in [2.05, 4.69) is 46.9 Å². The molecule has 1 aromatic carbocycles. The van der Waals surface area contributed by atoms with E-state index >= 15 is 14.4 Å². The summed E-state index contributed by atoms with van der Waals surface area (Å²) in [6.45, 7) is 33.6. The average Bonchev–Trinajstić information content (AvgIpc) is 3.23. The van der Waals surface area contributed by atoms with E-state index in [-0.39, 0.29) is 46.7 Å². The van der Waals surface area contributed by atoms with Gasteiger partial charge in [-0.1, -0.05) is 87.8 Å². The summed E-state index contributed by atoms with van der Waals surface area (Å²) in [7, 11) is -0.0725. The SMILES string of the molecule is COc1ccc(OC)c(C(=O)O[C@H]2[C@@H]3[C@]4(OC(C)=O)CO[C@@H]4C[C@H](C)[C@@]3(C)C(=O)[C@H](C)C3=C(C)[C@@H](OC(=O)[C@H](O[Si](C(C)C)(C(C)C)C(C)C)[C@H](C=C(C)C)NC(=O)OC(C)(C)C)C[C@]2(O)C3(C)C)c1. The molecule has 3 fully saturated rings. The van der Waals surface area contributed by atoms with Gasteiger partial charge in [-0.15, -0.1) is 0 Å². The fourth-order valence-corrected chi connectivity index (χ4v) is 18.6. The van der Waals surface area contributed by atoms with Crippen LogP contribution in [0, 0.1) is 28.6 Å². The molecule has 5 rings (SSSR count). The van der Waals surface area contributed by atoms with Crippen molar-refractivity contribution in [2.24, 2.45) is 28.6 Å². The van der Waals surface area contributed by atoms with Crippen LogP contribution in [0.15, 0.2) is 41.0 Å². The third-order valence-corrected chi connectivity index (χ3v) is 22.4. The van der Waals surface area contributed by atoms with E-state index in [1.54, 1.807) is 66.7 Å². The number of aliphatic hydroxyl groups is 1. The number of Topliss-reactive ketones (excluding diaryl/α,β-unsaturated/α-hetero) is 1. The molecule has 4 aliphatic rings. The summed E-state index contributed by atoms with van der Waals surface area (Å²) in [5.74, 6) is -4.51. The van der Waals surface area contributed by atoms with Crippen LogP contribution in [0.5, 0.6) is 11.5 Å². The summed E-state index contributed by atoms with van der Waals surface area (Å²) in [5.41, 5.74) is -5.35. The minimum Gasteiger partial charge on any atom is -0.497 e. The number of hydrogen-bond donors (Lipinski definition) is 2. The molecule has 392 valence electrons. The van der Waals surface area contributed by atoms with Gasteiger partial charge in [0.1, 0.15) is 52.4 Å². The fourth-order valence-electron chi connectivity index (χ4n) is 13.1. The monoisotopic (exact) mass is 998 g/mol. The Morgan fingerprint density at radius 3 is 2.01 bits per heavy atom. The number of carbonyl (C=O) groups is 5. The average molecular weight is 998 g/mol. The molecule has 3 aliphatic carbocycles. The van der Waals surface area contributed by atoms with Crippen molar-refractivity contribution in [2.75, 3.05) is 20.8 Å². The number of methoxy groups -OCH3 is 2. The third-order valence-electron chi connectivity index (χ3n) is 16.4. The summed E-state index contributed by atoms with van der Waals surface area (Å²) in [6.07, 6.45) is -3.90. The van der Waals surface area contributed by atoms with Crippen LogP contribution in [0.1, 0.15) is 148 Å². The predicted octanol–water partition coefficient (Wildman–Crippen LogP) is 9.62. The largest absolute Gasteiger partial charge is 0.497 e. The standard InChI is InChI=1S/C54H83NO14Si/c1-28(2)23-38(55-49(60)68-50(13,14)15)43(69-70(29(3)4,30(5)6)31(7)8)48(59)65-40-26-54(61)46(66-47(58)37-25-36(62-19)21-22-39(37)63-20)44-52(18,45(57)34(11)42(33(40)10)51(54,16)17)32(9)24-41-53(44,27-64-41)67-35(12)56/h21-23,25,29-32,34,38,40-41,43-44,46,61H,24,26-27H2,1-20H3,(H,55,60)/t32-,34+,38-,40-,41+,43+,44-,46-,52+,53-,54+/m0/s1. The summed E-state index contributed by atoms with van der Waals surface area (Å²) in [4.78, 5) is 73.3. The molecule has 2 saturated carbocycles. The molecule has 1 aliphatic heterocycles. The molecule has 0 radical (unpaired) electrons. The van der Waals surface area contributed by atoms with Crippen LogP contribution in [0.4, 0.5) is 4.79 Å². The predicted molar refractivity (Wildman–Crippen MR) is 267 cm³/mol. The number of alkyl carbamates (subject to hydrolysis) is 1. The van der Waals surface area contributed by atoms with E-state index in [9.17, 15) is 14.7 Å². The lowest BCUT2D eigenvalue weighted by atomic mass is 9.42. The summed E-state index contributed by atoms with van der Waals surface area (Å²) >= 11 is 0. The molecule has 2 N–H and O–H groups in total. The second kappa shape index (κ2) is 20.3. The lowest BCUT2D eigenvalue weighted by Crippen LogP contribution is -2.80. The van der Waals surface area contributed by atoms with Crippen LogP contribution in [0.2, 0.25) is 16.6 Å². The van der Waals surface area contributed by atoms with Gasteiger partial charge < -0.3 is 48.0 Å². The molecule has 0 spiro atoms. The molecule has 15 nitrogen and oxygen atoms in total. The number of nitrogens with one attached hydrogen (secondary N) is 1. The molecule has 11 atom stereocenters. The quantitative estimate of drug-likeness (QED) is 0.0731. The molecular weight excluding hydrogens is 915 g/mol. The van der Waals surface area contributed by atoms with E-state index in [1.165, 1.54) is 27.2 Å². The summed E-state index contributed by atoms with van der Waals surface area (Å²) in [6, 6.07) is 3.60. The zero-order valence-electron chi connectivity index (χ0n) is 45.5. The first-order valence-corrected chi connectivity index (χ1v) is 27.1. The highest BCUT2D eigenvalue weighted by Gasteiger charge is 2.77. The van der Waals surface area contributed by atoms with E-state index in [4.69, 9.17) is 37.6 Å². The van der Waals surface area contributed by atoms with E-state index in [0.29, 0.717) is 23.3 Å². The van der Waals surface area contributed by atoms with Crippen LogP contribution in [-0.4, -0.2) is 111 Å². The second-order valence-electron chi connectivity index (χ2n) is 23.3. The Balaban J connectivity index is 1.80. The Morgan fingerprint density at radius 1 is 0.929 bits per heavy atom. The van der Waals surface area contributed by atoms with Crippen molar-refractivity contribution in [3.05, 3.63) is 46.6 Å². The molecule has 2 bridgehead atoms. The van der Waals surface area contributed by atoms with Crippen LogP contribution in [0.3, 0.4) is 0 Å². The first kappa shape index (κ1) is 56.7. The van der Waals surface area contributed by atoms with Crippen LogP contribution >= 0.6 is 0 Å². The number of allylic oxidation sites excluding steroid dienone is 1. The van der Waals surface area contributed by atoms with Crippen molar-refractivity contribution < 1.29 is 66.7 Å². The van der Waals surface area contributed by atoms with Gasteiger partial charge in [-0.3, -0.25) is 9.59 Å². The number of fused-ring (bicyclic) bond motifs is 5. The van der Waals surface area contributed by atoms with Crippen molar-refractivity contribution in [1.82, 2.24) is 5.32 Å². The molecule has 1 aromatic rings. The highest BCUT2D eigenvalue weighted by Crippen LogP contribution is 2.66. The maximum Gasteiger partial charge on any atom is 0.408 e. The van der Waals surface area contributed by atoms with E-state index < -0.39 is 108 Å². The van der Waals surface area contributed by atoms with Crippen molar-refractivity contribution in [3.63, 3.8) is 0 Å². The number of carbonyl (C=O) groups excluding carboxylic acids is 5. The van der Waals surface area contributed by atoms with Crippen molar-refractivity contribution >= 4 is 38.1 Å². The fraction of sp³-hybridized carbons (Fsp3) is 0.722. The number of amides is 1. The lowest BCUT2D eigenvalue weighted by Gasteiger charge is -2.68. The highest BCUT2D eigenvalue weighted by molar-refractivity contribution is 6.77. The maximum atomic E-state index is 15.8. The van der Waals surface area contributed by atoms with Crippen LogP contribution in [0.25, 0.3) is 0 Å². The van der Waals surface area contributed by atoms with Gasteiger partial charge in [0.15, 0.2) is 11.7 Å². The van der Waals surface area contributed by atoms with E-state index in [1.807, 2.05) is 27.7 Å². The molecule has 16 heteroatoms. The number of esters is 3. The van der Waals surface area contributed by atoms with Gasteiger partial charge in [-0.2, -0.15) is 0 Å². The molecule has 1 saturated heterocycles. The number of hydrogen-bond acceptors (Lipinski definition) is 14. The first-order chi connectivity index (χ1) is 32.2. The number of ether oxygens (including phenoxy) is 7. The van der Waals surface area contributed by atoms with Crippen molar-refractivity contribution in [1.29, 1.82) is 0 Å². The zero-order valence-corrected chi connectivity index (χ0v) is 46.5. The summed E-state index contributed by atoms with van der Waals surface area (Å²) < 4.78 is 50.2. The van der Waals surface area contributed by atoms with Gasteiger partial charge in [0.05, 0.1) is 32.8 Å². The Labute approximate surface area is 417 Å². The van der Waals surface area contributed by atoms with E-state index in [0.717, 1.165) is 5.57 Å². The minimum absolute atomic E-state index is 0.0138. The number of rotatable bonds is 15. The first-order valence-electron chi connectivity index (χ1n) is 25.0. The summed E-state index contributed by atoms with van der Waals surface area (Å²) in [5, 5.41) is 17.1. The topological polar surface area (TPSA) is 191 Å². The van der Waals surface area contributed by atoms with Gasteiger partial charge in [0.2, 0.25) is 8.32 Å². The Bertz CT molecular complexity index is 2220. The van der Waals surface area contributed by atoms with Gasteiger partial charge in [-0.25, -0.2) is 14.4 Å². The minimum atomic E-state index is -2.94. The molecule has 0 unspecified atom stereocenters. The Hall–Kier alpha value is -4.25. The molecule has 0 aromatic heterocycles. The smallest absolute Gasteiger partial charge is 0.408 e. The van der Waals surface area contributed by atoms with Gasteiger partial charge in [0, 0.05) is 30.1 Å². The Kier molecular flexibility index (Phi) is 16.5. The third kappa shape index (κ3) is 9.84. The Morgan fingerprint density at radius 2 is 1.53 bits per heavy atom.